The molecule has 7 heteroatoms. The third-order valence-corrected chi connectivity index (χ3v) is 4.00. The normalized spacial score (nSPS) is 12.2. The van der Waals surface area contributed by atoms with E-state index in [1.54, 1.807) is 0 Å². The first-order valence-electron chi connectivity index (χ1n) is 6.02. The number of halogens is 1. The number of carbonyl (C=O) groups is 1. The molecule has 0 saturated carbocycles. The van der Waals surface area contributed by atoms with Crippen molar-refractivity contribution in [2.45, 2.75) is 37.5 Å². The van der Waals surface area contributed by atoms with Crippen LogP contribution in [0.1, 0.15) is 32.8 Å². The first kappa shape index (κ1) is 16.8. The van der Waals surface area contributed by atoms with Crippen LogP contribution in [0.25, 0.3) is 0 Å². The topological polar surface area (TPSA) is 86.5 Å². The number of amides is 1. The van der Waals surface area contributed by atoms with Crippen molar-refractivity contribution >= 4 is 25.6 Å². The molecular formula is C13H18ClNO4S. The van der Waals surface area contributed by atoms with Crippen LogP contribution >= 0.6 is 10.7 Å². The first-order chi connectivity index (χ1) is 9.01. The van der Waals surface area contributed by atoms with Crippen LogP contribution in [0.5, 0.6) is 5.75 Å². The molecule has 20 heavy (non-hydrogen) atoms. The van der Waals surface area contributed by atoms with Crippen LogP contribution in [0, 0.1) is 0 Å². The van der Waals surface area contributed by atoms with Crippen LogP contribution in [0.3, 0.4) is 0 Å². The predicted molar refractivity (Wildman–Crippen MR) is 77.5 cm³/mol. The molecule has 0 aliphatic rings. The molecule has 5 nitrogen and oxygen atoms in total. The summed E-state index contributed by atoms with van der Waals surface area (Å²) in [5.41, 5.74) is 5.41. The van der Waals surface area contributed by atoms with Crippen LogP contribution < -0.4 is 10.5 Å². The van der Waals surface area contributed by atoms with E-state index >= 15 is 0 Å². The predicted octanol–water partition coefficient (Wildman–Crippen LogP) is 2.17. The summed E-state index contributed by atoms with van der Waals surface area (Å²) in [6.45, 7) is 5.92. The SMILES string of the molecule is CC(C)(C)c1cc(S(=O)(=O)Cl)ccc1OCCC(N)=O. The standard InChI is InChI=1S/C13H18ClNO4S/c1-13(2,3)10-8-9(20(14,17)18)4-5-11(10)19-7-6-12(15)16/h4-5,8H,6-7H2,1-3H3,(H2,15,16). The van der Waals surface area contributed by atoms with E-state index in [2.05, 4.69) is 0 Å². The third-order valence-electron chi connectivity index (χ3n) is 2.65. The van der Waals surface area contributed by atoms with Gasteiger partial charge in [-0.25, -0.2) is 8.42 Å². The van der Waals surface area contributed by atoms with Gasteiger partial charge in [-0.05, 0) is 23.6 Å². The highest BCUT2D eigenvalue weighted by Crippen LogP contribution is 2.34. The Morgan fingerprint density at radius 2 is 1.95 bits per heavy atom. The van der Waals surface area contributed by atoms with E-state index in [0.29, 0.717) is 11.3 Å². The van der Waals surface area contributed by atoms with Crippen LogP contribution in [0.4, 0.5) is 0 Å². The Morgan fingerprint density at radius 3 is 2.40 bits per heavy atom. The monoisotopic (exact) mass is 319 g/mol. The van der Waals surface area contributed by atoms with E-state index in [1.807, 2.05) is 20.8 Å². The van der Waals surface area contributed by atoms with E-state index in [1.165, 1.54) is 18.2 Å². The summed E-state index contributed by atoms with van der Waals surface area (Å²) in [6, 6.07) is 4.40. The molecule has 0 aliphatic carbocycles. The number of nitrogens with two attached hydrogens (primary N) is 1. The van der Waals surface area contributed by atoms with Gasteiger partial charge >= 0.3 is 0 Å². The lowest BCUT2D eigenvalue weighted by Crippen LogP contribution is -2.17. The van der Waals surface area contributed by atoms with Gasteiger partial charge in [-0.1, -0.05) is 20.8 Å². The van der Waals surface area contributed by atoms with Gasteiger partial charge in [0.05, 0.1) is 17.9 Å². The second-order valence-corrected chi connectivity index (χ2v) is 7.98. The Bertz CT molecular complexity index is 605. The lowest BCUT2D eigenvalue weighted by atomic mass is 9.86. The smallest absolute Gasteiger partial charge is 0.261 e. The van der Waals surface area contributed by atoms with Gasteiger partial charge in [0.15, 0.2) is 0 Å². The van der Waals surface area contributed by atoms with Gasteiger partial charge in [0, 0.05) is 16.2 Å². The van der Waals surface area contributed by atoms with Crippen molar-refractivity contribution in [3.63, 3.8) is 0 Å². The van der Waals surface area contributed by atoms with E-state index in [9.17, 15) is 13.2 Å². The highest BCUT2D eigenvalue weighted by atomic mass is 35.7. The number of carbonyl (C=O) groups excluding carboxylic acids is 1. The second kappa shape index (κ2) is 6.01. The number of ether oxygens (including phenoxy) is 1. The lowest BCUT2D eigenvalue weighted by Gasteiger charge is -2.23. The van der Waals surface area contributed by atoms with Gasteiger partial charge in [0.25, 0.3) is 9.05 Å². The Balaban J connectivity index is 3.15. The van der Waals surface area contributed by atoms with Crippen molar-refractivity contribution in [1.29, 1.82) is 0 Å². The van der Waals surface area contributed by atoms with Crippen LogP contribution in [-0.4, -0.2) is 20.9 Å². The molecule has 1 rings (SSSR count). The minimum atomic E-state index is -3.79. The van der Waals surface area contributed by atoms with E-state index in [-0.39, 0.29) is 23.3 Å². The van der Waals surface area contributed by atoms with Gasteiger partial charge in [-0.2, -0.15) is 0 Å². The zero-order valence-electron chi connectivity index (χ0n) is 11.6. The maximum Gasteiger partial charge on any atom is 0.261 e. The van der Waals surface area contributed by atoms with Crippen LogP contribution in [0.15, 0.2) is 23.1 Å². The summed E-state index contributed by atoms with van der Waals surface area (Å²) in [7, 11) is 1.56. The summed E-state index contributed by atoms with van der Waals surface area (Å²) in [5.74, 6) is 0.0603. The van der Waals surface area contributed by atoms with Crippen molar-refractivity contribution in [3.8, 4) is 5.75 Å². The molecule has 2 N–H and O–H groups in total. The Kier molecular flexibility index (Phi) is 5.05. The van der Waals surface area contributed by atoms with Crippen molar-refractivity contribution in [3.05, 3.63) is 23.8 Å². The fraction of sp³-hybridized carbons (Fsp3) is 0.462. The molecule has 1 aromatic carbocycles. The molecule has 0 aliphatic heterocycles. The summed E-state index contributed by atoms with van der Waals surface area (Å²) < 4.78 is 28.3. The number of hydrogen-bond acceptors (Lipinski definition) is 4. The average molecular weight is 320 g/mol. The molecule has 0 saturated heterocycles. The molecule has 0 fully saturated rings. The molecule has 0 heterocycles. The van der Waals surface area contributed by atoms with Gasteiger partial charge in [0.2, 0.25) is 5.91 Å². The highest BCUT2D eigenvalue weighted by Gasteiger charge is 2.22. The fourth-order valence-electron chi connectivity index (χ4n) is 1.63. The largest absolute Gasteiger partial charge is 0.493 e. The second-order valence-electron chi connectivity index (χ2n) is 5.41. The number of rotatable bonds is 5. The maximum atomic E-state index is 11.4. The molecule has 0 bridgehead atoms. The molecule has 112 valence electrons. The zero-order valence-corrected chi connectivity index (χ0v) is 13.2. The minimum absolute atomic E-state index is 0.0198. The Hall–Kier alpha value is -1.27. The Labute approximate surface area is 123 Å². The molecule has 0 aromatic heterocycles. The molecular weight excluding hydrogens is 302 g/mol. The van der Waals surface area contributed by atoms with Gasteiger partial charge in [0.1, 0.15) is 5.75 Å². The third kappa shape index (κ3) is 4.68. The Morgan fingerprint density at radius 1 is 1.35 bits per heavy atom. The molecule has 0 spiro atoms. The van der Waals surface area contributed by atoms with Gasteiger partial charge in [-0.15, -0.1) is 0 Å². The van der Waals surface area contributed by atoms with E-state index in [0.717, 1.165) is 0 Å². The summed E-state index contributed by atoms with van der Waals surface area (Å²) >= 11 is 0. The number of hydrogen-bond donors (Lipinski definition) is 1. The quantitative estimate of drug-likeness (QED) is 0.843. The molecule has 1 amide bonds. The molecule has 1 aromatic rings. The average Bonchev–Trinajstić information content (AvgIpc) is 2.25. The number of primary amides is 1. The first-order valence-corrected chi connectivity index (χ1v) is 8.33. The van der Waals surface area contributed by atoms with Crippen molar-refractivity contribution < 1.29 is 17.9 Å². The zero-order chi connectivity index (χ0) is 15.6. The number of benzene rings is 1. The highest BCUT2D eigenvalue weighted by molar-refractivity contribution is 8.13. The van der Waals surface area contributed by atoms with E-state index in [4.69, 9.17) is 21.2 Å². The minimum Gasteiger partial charge on any atom is -0.493 e. The molecule has 0 unspecified atom stereocenters. The fourth-order valence-corrected chi connectivity index (χ4v) is 2.41. The van der Waals surface area contributed by atoms with Crippen molar-refractivity contribution in [2.24, 2.45) is 5.73 Å². The van der Waals surface area contributed by atoms with Crippen LogP contribution in [0.2, 0.25) is 0 Å². The molecule has 0 radical (unpaired) electrons. The molecule has 0 atom stereocenters. The van der Waals surface area contributed by atoms with Crippen molar-refractivity contribution in [1.82, 2.24) is 0 Å². The van der Waals surface area contributed by atoms with E-state index < -0.39 is 15.0 Å². The van der Waals surface area contributed by atoms with Gasteiger partial charge in [-0.3, -0.25) is 4.79 Å². The van der Waals surface area contributed by atoms with Crippen molar-refractivity contribution in [2.75, 3.05) is 6.61 Å². The summed E-state index contributed by atoms with van der Waals surface area (Å²) in [6.07, 6.45) is 0.0964. The maximum absolute atomic E-state index is 11.4. The summed E-state index contributed by atoms with van der Waals surface area (Å²) in [4.78, 5) is 10.7. The summed E-state index contributed by atoms with van der Waals surface area (Å²) in [5, 5.41) is 0. The van der Waals surface area contributed by atoms with Crippen LogP contribution in [-0.2, 0) is 19.3 Å². The van der Waals surface area contributed by atoms with Gasteiger partial charge < -0.3 is 10.5 Å². The lowest BCUT2D eigenvalue weighted by molar-refractivity contribution is -0.118.